The van der Waals surface area contributed by atoms with E-state index >= 15 is 0 Å². The summed E-state index contributed by atoms with van der Waals surface area (Å²) < 4.78 is 21.5. The van der Waals surface area contributed by atoms with Gasteiger partial charge in [0.25, 0.3) is 5.91 Å². The smallest absolute Gasteiger partial charge is 0.339 e. The SMILES string of the molecule is COc1cc(C=C2CCc3c2nc2ccccc2c3C(=O)OCC(N)=O)cc(OC)c1OC. The standard InChI is InChI=1S/C25H24N2O6/c1-30-19-11-14(12-20(31-2)24(19)32-3)10-15-8-9-17-22(25(29)33-13-21(26)28)16-6-4-5-7-18(16)27-23(15)17/h4-7,10-12H,8-9,13H2,1-3H3,(H2,26,28). The van der Waals surface area contributed by atoms with Crippen molar-refractivity contribution in [3.8, 4) is 17.2 Å². The van der Waals surface area contributed by atoms with Gasteiger partial charge in [-0.15, -0.1) is 0 Å². The molecule has 0 bridgehead atoms. The number of pyridine rings is 1. The lowest BCUT2D eigenvalue weighted by Gasteiger charge is -2.13. The predicted molar refractivity (Wildman–Crippen MR) is 124 cm³/mol. The lowest BCUT2D eigenvalue weighted by atomic mass is 10.0. The molecule has 1 amide bonds. The second kappa shape index (κ2) is 9.20. The van der Waals surface area contributed by atoms with Crippen LogP contribution in [0.25, 0.3) is 22.6 Å². The van der Waals surface area contributed by atoms with E-state index in [1.807, 2.05) is 42.5 Å². The number of aromatic nitrogens is 1. The summed E-state index contributed by atoms with van der Waals surface area (Å²) in [6.45, 7) is -0.474. The summed E-state index contributed by atoms with van der Waals surface area (Å²) in [5.41, 5.74) is 9.58. The van der Waals surface area contributed by atoms with Crippen LogP contribution < -0.4 is 19.9 Å². The number of benzene rings is 2. The monoisotopic (exact) mass is 448 g/mol. The van der Waals surface area contributed by atoms with E-state index in [9.17, 15) is 9.59 Å². The topological polar surface area (TPSA) is 110 Å². The summed E-state index contributed by atoms with van der Waals surface area (Å²) >= 11 is 0. The highest BCUT2D eigenvalue weighted by Gasteiger charge is 2.28. The number of amides is 1. The van der Waals surface area contributed by atoms with E-state index < -0.39 is 18.5 Å². The molecule has 8 nitrogen and oxygen atoms in total. The molecule has 2 N–H and O–H groups in total. The Morgan fingerprint density at radius 3 is 2.36 bits per heavy atom. The van der Waals surface area contributed by atoms with Crippen LogP contribution >= 0.6 is 0 Å². The van der Waals surface area contributed by atoms with E-state index in [1.165, 1.54) is 0 Å². The summed E-state index contributed by atoms with van der Waals surface area (Å²) in [4.78, 5) is 28.9. The maximum Gasteiger partial charge on any atom is 0.339 e. The Kier molecular flexibility index (Phi) is 6.17. The number of methoxy groups -OCH3 is 3. The summed E-state index contributed by atoms with van der Waals surface area (Å²) in [5.74, 6) is 0.310. The summed E-state index contributed by atoms with van der Waals surface area (Å²) in [7, 11) is 4.69. The van der Waals surface area contributed by atoms with Crippen LogP contribution in [-0.4, -0.2) is 44.8 Å². The van der Waals surface area contributed by atoms with Crippen molar-refractivity contribution in [2.45, 2.75) is 12.8 Å². The van der Waals surface area contributed by atoms with Gasteiger partial charge < -0.3 is 24.7 Å². The Balaban J connectivity index is 1.84. The minimum Gasteiger partial charge on any atom is -0.493 e. The first-order valence-electron chi connectivity index (χ1n) is 10.3. The molecular weight excluding hydrogens is 424 g/mol. The molecule has 2 aromatic carbocycles. The first-order valence-corrected chi connectivity index (χ1v) is 10.3. The van der Waals surface area contributed by atoms with Crippen molar-refractivity contribution in [3.63, 3.8) is 0 Å². The number of nitrogens with zero attached hydrogens (tertiary/aromatic N) is 1. The zero-order chi connectivity index (χ0) is 23.5. The Morgan fingerprint density at radius 1 is 1.03 bits per heavy atom. The van der Waals surface area contributed by atoms with Gasteiger partial charge in [0.05, 0.1) is 38.1 Å². The van der Waals surface area contributed by atoms with Crippen LogP contribution in [0.2, 0.25) is 0 Å². The highest BCUT2D eigenvalue weighted by molar-refractivity contribution is 6.07. The maximum atomic E-state index is 12.9. The maximum absolute atomic E-state index is 12.9. The number of hydrogen-bond acceptors (Lipinski definition) is 7. The highest BCUT2D eigenvalue weighted by atomic mass is 16.5. The van der Waals surface area contributed by atoms with Crippen LogP contribution in [0.1, 0.15) is 33.6 Å². The number of nitrogens with two attached hydrogens (primary N) is 1. The third-order valence-corrected chi connectivity index (χ3v) is 5.52. The van der Waals surface area contributed by atoms with Gasteiger partial charge in [-0.1, -0.05) is 18.2 Å². The molecule has 1 aliphatic carbocycles. The van der Waals surface area contributed by atoms with E-state index in [0.29, 0.717) is 46.6 Å². The number of primary amides is 1. The first-order chi connectivity index (χ1) is 16.0. The van der Waals surface area contributed by atoms with Gasteiger partial charge in [0, 0.05) is 5.39 Å². The van der Waals surface area contributed by atoms with Crippen molar-refractivity contribution in [2.75, 3.05) is 27.9 Å². The molecular formula is C25H24N2O6. The van der Waals surface area contributed by atoms with Crippen molar-refractivity contribution < 1.29 is 28.5 Å². The summed E-state index contributed by atoms with van der Waals surface area (Å²) in [5, 5.41) is 0.680. The quantitative estimate of drug-likeness (QED) is 0.552. The fourth-order valence-electron chi connectivity index (χ4n) is 4.11. The van der Waals surface area contributed by atoms with Crippen LogP contribution in [0.3, 0.4) is 0 Å². The zero-order valence-electron chi connectivity index (χ0n) is 18.6. The number of carbonyl (C=O) groups is 2. The van der Waals surface area contributed by atoms with Crippen molar-refractivity contribution in [2.24, 2.45) is 5.73 Å². The van der Waals surface area contributed by atoms with Crippen LogP contribution in [0, 0.1) is 0 Å². The van der Waals surface area contributed by atoms with E-state index in [-0.39, 0.29) is 0 Å². The number of carbonyl (C=O) groups excluding carboxylic acids is 2. The summed E-state index contributed by atoms with van der Waals surface area (Å²) in [6.07, 6.45) is 3.30. The molecule has 1 aromatic heterocycles. The van der Waals surface area contributed by atoms with E-state index in [2.05, 4.69) is 0 Å². The minimum absolute atomic E-state index is 0.421. The average Bonchev–Trinajstić information content (AvgIpc) is 3.21. The van der Waals surface area contributed by atoms with E-state index in [1.54, 1.807) is 21.3 Å². The molecule has 0 radical (unpaired) electrons. The Morgan fingerprint density at radius 2 is 1.73 bits per heavy atom. The van der Waals surface area contributed by atoms with Crippen LogP contribution in [-0.2, 0) is 16.0 Å². The molecule has 0 saturated heterocycles. The van der Waals surface area contributed by atoms with Crippen LogP contribution in [0.5, 0.6) is 17.2 Å². The molecule has 3 aromatic rings. The molecule has 0 aliphatic heterocycles. The number of ether oxygens (including phenoxy) is 4. The Bertz CT molecular complexity index is 1260. The largest absolute Gasteiger partial charge is 0.493 e. The Labute approximate surface area is 190 Å². The van der Waals surface area contributed by atoms with Gasteiger partial charge in [-0.2, -0.15) is 0 Å². The number of allylic oxidation sites excluding steroid dienone is 1. The molecule has 33 heavy (non-hydrogen) atoms. The van der Waals surface area contributed by atoms with Crippen LogP contribution in [0.15, 0.2) is 36.4 Å². The van der Waals surface area contributed by atoms with Crippen molar-refractivity contribution in [1.82, 2.24) is 4.98 Å². The van der Waals surface area contributed by atoms with E-state index in [0.717, 1.165) is 22.4 Å². The minimum atomic E-state index is -0.707. The number of rotatable bonds is 7. The third-order valence-electron chi connectivity index (χ3n) is 5.52. The van der Waals surface area contributed by atoms with Crippen LogP contribution in [0.4, 0.5) is 0 Å². The van der Waals surface area contributed by atoms with Gasteiger partial charge in [-0.25, -0.2) is 9.78 Å². The number of esters is 1. The van der Waals surface area contributed by atoms with Crippen molar-refractivity contribution in [1.29, 1.82) is 0 Å². The zero-order valence-corrected chi connectivity index (χ0v) is 18.6. The third kappa shape index (κ3) is 4.19. The van der Waals surface area contributed by atoms with Gasteiger partial charge in [-0.05, 0) is 53.8 Å². The molecule has 4 rings (SSSR count). The average molecular weight is 448 g/mol. The van der Waals surface area contributed by atoms with Gasteiger partial charge >= 0.3 is 5.97 Å². The second-order valence-corrected chi connectivity index (χ2v) is 7.50. The molecule has 8 heteroatoms. The first kappa shape index (κ1) is 22.1. The van der Waals surface area contributed by atoms with E-state index in [4.69, 9.17) is 29.7 Å². The molecule has 0 saturated carbocycles. The molecule has 0 fully saturated rings. The summed E-state index contributed by atoms with van der Waals surface area (Å²) in [6, 6.07) is 11.1. The van der Waals surface area contributed by atoms with Crippen molar-refractivity contribution in [3.05, 3.63) is 58.8 Å². The van der Waals surface area contributed by atoms with Gasteiger partial charge in [-0.3, -0.25) is 4.79 Å². The number of para-hydroxylation sites is 1. The van der Waals surface area contributed by atoms with Crippen molar-refractivity contribution >= 4 is 34.4 Å². The fraction of sp³-hybridized carbons (Fsp3) is 0.240. The molecule has 0 spiro atoms. The molecule has 0 atom stereocenters. The lowest BCUT2D eigenvalue weighted by Crippen LogP contribution is -2.21. The number of fused-ring (bicyclic) bond motifs is 2. The molecule has 1 heterocycles. The fourth-order valence-corrected chi connectivity index (χ4v) is 4.11. The van der Waals surface area contributed by atoms with Gasteiger partial charge in [0.2, 0.25) is 5.75 Å². The highest BCUT2D eigenvalue weighted by Crippen LogP contribution is 2.41. The lowest BCUT2D eigenvalue weighted by molar-refractivity contribution is -0.121. The molecule has 170 valence electrons. The Hall–Kier alpha value is -4.07. The second-order valence-electron chi connectivity index (χ2n) is 7.50. The molecule has 1 aliphatic rings. The normalized spacial score (nSPS) is 13.6. The number of hydrogen-bond donors (Lipinski definition) is 1. The van der Waals surface area contributed by atoms with Gasteiger partial charge in [0.1, 0.15) is 0 Å². The predicted octanol–water partition coefficient (Wildman–Crippen LogP) is 3.39. The molecule has 0 unspecified atom stereocenters. The van der Waals surface area contributed by atoms with Gasteiger partial charge in [0.15, 0.2) is 18.1 Å².